The van der Waals surface area contributed by atoms with E-state index in [4.69, 9.17) is 5.73 Å². The summed E-state index contributed by atoms with van der Waals surface area (Å²) in [5.74, 6) is -0.527. The minimum Gasteiger partial charge on any atom is -0.350 e. The molecule has 0 saturated heterocycles. The van der Waals surface area contributed by atoms with Crippen molar-refractivity contribution in [2.24, 2.45) is 5.73 Å². The monoisotopic (exact) mass is 305 g/mol. The van der Waals surface area contributed by atoms with Crippen LogP contribution in [0.3, 0.4) is 0 Å². The Labute approximate surface area is 130 Å². The van der Waals surface area contributed by atoms with E-state index in [9.17, 15) is 9.18 Å². The first-order chi connectivity index (χ1) is 11.1. The number of primary amides is 1. The molecule has 0 radical (unpaired) electrons. The van der Waals surface area contributed by atoms with Crippen LogP contribution < -0.4 is 5.73 Å². The maximum atomic E-state index is 14.1. The molecule has 3 aromatic carbocycles. The molecule has 0 saturated carbocycles. The van der Waals surface area contributed by atoms with E-state index in [1.54, 1.807) is 12.1 Å². The van der Waals surface area contributed by atoms with Gasteiger partial charge in [-0.3, -0.25) is 0 Å². The maximum Gasteiger partial charge on any atom is 0.340 e. The van der Waals surface area contributed by atoms with Gasteiger partial charge in [0.25, 0.3) is 0 Å². The van der Waals surface area contributed by atoms with Crippen molar-refractivity contribution in [2.75, 3.05) is 0 Å². The Balaban J connectivity index is 2.04. The first-order valence-corrected chi connectivity index (χ1v) is 7.11. The van der Waals surface area contributed by atoms with Crippen molar-refractivity contribution >= 4 is 27.7 Å². The Hall–Kier alpha value is -3.21. The molecule has 0 aliphatic carbocycles. The highest BCUT2D eigenvalue weighted by molar-refractivity contribution is 6.00. The number of carbonyl (C=O) groups excluding carboxylic acids is 1. The Morgan fingerprint density at radius 2 is 1.78 bits per heavy atom. The number of amides is 1. The van der Waals surface area contributed by atoms with Crippen LogP contribution in [0.15, 0.2) is 60.7 Å². The van der Waals surface area contributed by atoms with E-state index in [2.05, 4.69) is 5.10 Å². The van der Waals surface area contributed by atoms with Crippen molar-refractivity contribution in [1.82, 2.24) is 9.78 Å². The fraction of sp³-hybridized carbons (Fsp3) is 0. The Bertz CT molecular complexity index is 1070. The van der Waals surface area contributed by atoms with Crippen molar-refractivity contribution in [3.05, 3.63) is 66.5 Å². The molecular formula is C18H12FN3O. The lowest BCUT2D eigenvalue weighted by atomic mass is 10.0. The Kier molecular flexibility index (Phi) is 2.87. The molecule has 0 atom stereocenters. The molecule has 4 rings (SSSR count). The summed E-state index contributed by atoms with van der Waals surface area (Å²) in [4.78, 5) is 11.6. The summed E-state index contributed by atoms with van der Waals surface area (Å²) >= 11 is 0. The number of aromatic nitrogens is 2. The van der Waals surface area contributed by atoms with E-state index in [-0.39, 0.29) is 5.52 Å². The molecule has 4 nitrogen and oxygen atoms in total. The Morgan fingerprint density at radius 3 is 2.57 bits per heavy atom. The molecule has 23 heavy (non-hydrogen) atoms. The third kappa shape index (κ3) is 2.05. The van der Waals surface area contributed by atoms with Crippen molar-refractivity contribution in [3.63, 3.8) is 0 Å². The first kappa shape index (κ1) is 13.5. The molecule has 5 heteroatoms. The highest BCUT2D eigenvalue weighted by Crippen LogP contribution is 2.31. The molecule has 0 bridgehead atoms. The van der Waals surface area contributed by atoms with E-state index in [1.165, 1.54) is 6.07 Å². The minimum atomic E-state index is -0.813. The molecule has 2 N–H and O–H groups in total. The predicted molar refractivity (Wildman–Crippen MR) is 87.6 cm³/mol. The normalized spacial score (nSPS) is 11.2. The predicted octanol–water partition coefficient (Wildman–Crippen LogP) is 3.92. The van der Waals surface area contributed by atoms with Gasteiger partial charge in [0, 0.05) is 10.9 Å². The van der Waals surface area contributed by atoms with Gasteiger partial charge in [0.2, 0.25) is 0 Å². The van der Waals surface area contributed by atoms with Crippen LogP contribution in [0.4, 0.5) is 9.18 Å². The van der Waals surface area contributed by atoms with E-state index in [0.717, 1.165) is 21.0 Å². The maximum absolute atomic E-state index is 14.1. The number of carbonyl (C=O) groups is 1. The quantitative estimate of drug-likeness (QED) is 0.579. The number of hydrogen-bond acceptors (Lipinski definition) is 2. The highest BCUT2D eigenvalue weighted by Gasteiger charge is 2.18. The molecule has 1 aromatic heterocycles. The van der Waals surface area contributed by atoms with Crippen LogP contribution >= 0.6 is 0 Å². The van der Waals surface area contributed by atoms with Crippen LogP contribution in [0.2, 0.25) is 0 Å². The lowest BCUT2D eigenvalue weighted by molar-refractivity contribution is 0.248. The number of hydrogen-bond donors (Lipinski definition) is 1. The summed E-state index contributed by atoms with van der Waals surface area (Å²) in [7, 11) is 0. The van der Waals surface area contributed by atoms with Crippen molar-refractivity contribution in [3.8, 4) is 11.3 Å². The lowest BCUT2D eigenvalue weighted by Gasteiger charge is -2.01. The van der Waals surface area contributed by atoms with E-state index >= 15 is 0 Å². The van der Waals surface area contributed by atoms with Crippen LogP contribution in [0.25, 0.3) is 32.9 Å². The van der Waals surface area contributed by atoms with E-state index in [1.807, 2.05) is 42.5 Å². The third-order valence-corrected chi connectivity index (χ3v) is 3.89. The summed E-state index contributed by atoms with van der Waals surface area (Å²) in [6, 6.07) is 17.6. The smallest absolute Gasteiger partial charge is 0.340 e. The third-order valence-electron chi connectivity index (χ3n) is 3.89. The number of halogens is 1. The average Bonchev–Trinajstić information content (AvgIpc) is 2.96. The van der Waals surface area contributed by atoms with Gasteiger partial charge in [0.15, 0.2) is 0 Å². The molecule has 1 amide bonds. The van der Waals surface area contributed by atoms with Crippen LogP contribution in [-0.2, 0) is 0 Å². The van der Waals surface area contributed by atoms with Crippen molar-refractivity contribution < 1.29 is 9.18 Å². The van der Waals surface area contributed by atoms with Gasteiger partial charge in [-0.1, -0.05) is 48.5 Å². The molecule has 1 heterocycles. The SMILES string of the molecule is NC(=O)n1nc(-c2ccc3ccccc3c2)c2cccc(F)c21. The van der Waals surface area contributed by atoms with Crippen LogP contribution in [0.1, 0.15) is 0 Å². The molecule has 112 valence electrons. The summed E-state index contributed by atoms with van der Waals surface area (Å²) < 4.78 is 15.0. The zero-order chi connectivity index (χ0) is 16.0. The molecular weight excluding hydrogens is 293 g/mol. The highest BCUT2D eigenvalue weighted by atomic mass is 19.1. The number of benzene rings is 3. The Morgan fingerprint density at radius 1 is 1.00 bits per heavy atom. The number of rotatable bonds is 1. The van der Waals surface area contributed by atoms with Gasteiger partial charge in [-0.2, -0.15) is 9.78 Å². The molecule has 0 spiro atoms. The summed E-state index contributed by atoms with van der Waals surface area (Å²) in [6.45, 7) is 0. The molecule has 0 aliphatic rings. The summed E-state index contributed by atoms with van der Waals surface area (Å²) in [5, 5.41) is 6.93. The topological polar surface area (TPSA) is 60.9 Å². The van der Waals surface area contributed by atoms with Gasteiger partial charge in [-0.15, -0.1) is 0 Å². The zero-order valence-corrected chi connectivity index (χ0v) is 12.0. The summed E-state index contributed by atoms with van der Waals surface area (Å²) in [5.41, 5.74) is 6.76. The molecule has 4 aromatic rings. The fourth-order valence-corrected chi connectivity index (χ4v) is 2.83. The minimum absolute atomic E-state index is 0.100. The fourth-order valence-electron chi connectivity index (χ4n) is 2.83. The number of fused-ring (bicyclic) bond motifs is 2. The second-order valence-electron chi connectivity index (χ2n) is 5.30. The van der Waals surface area contributed by atoms with Gasteiger partial charge in [0.05, 0.1) is 0 Å². The standard InChI is InChI=1S/C18H12FN3O/c19-15-7-3-6-14-16(21-22(17(14)15)18(20)23)13-9-8-11-4-1-2-5-12(11)10-13/h1-10H,(H2,20,23). The van der Waals surface area contributed by atoms with Gasteiger partial charge in [-0.25, -0.2) is 9.18 Å². The van der Waals surface area contributed by atoms with E-state index in [0.29, 0.717) is 11.1 Å². The molecule has 0 unspecified atom stereocenters. The van der Waals surface area contributed by atoms with Gasteiger partial charge < -0.3 is 5.73 Å². The largest absolute Gasteiger partial charge is 0.350 e. The van der Waals surface area contributed by atoms with E-state index < -0.39 is 11.8 Å². The number of nitrogens with zero attached hydrogens (tertiary/aromatic N) is 2. The number of nitrogens with two attached hydrogens (primary N) is 1. The molecule has 0 aliphatic heterocycles. The average molecular weight is 305 g/mol. The second kappa shape index (κ2) is 4.91. The first-order valence-electron chi connectivity index (χ1n) is 7.11. The molecule has 0 fully saturated rings. The van der Waals surface area contributed by atoms with Crippen LogP contribution in [-0.4, -0.2) is 15.8 Å². The lowest BCUT2D eigenvalue weighted by Crippen LogP contribution is -2.21. The van der Waals surface area contributed by atoms with Crippen molar-refractivity contribution in [1.29, 1.82) is 0 Å². The van der Waals surface area contributed by atoms with Gasteiger partial charge >= 0.3 is 6.03 Å². The van der Waals surface area contributed by atoms with Crippen LogP contribution in [0, 0.1) is 5.82 Å². The zero-order valence-electron chi connectivity index (χ0n) is 12.0. The second-order valence-corrected chi connectivity index (χ2v) is 5.30. The van der Waals surface area contributed by atoms with Crippen molar-refractivity contribution in [2.45, 2.75) is 0 Å². The van der Waals surface area contributed by atoms with Crippen LogP contribution in [0.5, 0.6) is 0 Å². The summed E-state index contributed by atoms with van der Waals surface area (Å²) in [6.07, 6.45) is 0. The van der Waals surface area contributed by atoms with Gasteiger partial charge in [0.1, 0.15) is 17.0 Å². The van der Waals surface area contributed by atoms with Gasteiger partial charge in [-0.05, 0) is 22.9 Å². The number of para-hydroxylation sites is 1.